The highest BCUT2D eigenvalue weighted by molar-refractivity contribution is 7.91. The Kier molecular flexibility index (Phi) is 4.55. The largest absolute Gasteiger partial charge is 0.478 e. The van der Waals surface area contributed by atoms with Gasteiger partial charge in [-0.2, -0.15) is 0 Å². The summed E-state index contributed by atoms with van der Waals surface area (Å²) in [7, 11) is -3.85. The molecule has 1 N–H and O–H groups in total. The quantitative estimate of drug-likeness (QED) is 0.913. The molecule has 0 saturated carbocycles. The summed E-state index contributed by atoms with van der Waals surface area (Å²) in [6.45, 7) is 1.84. The van der Waals surface area contributed by atoms with Crippen LogP contribution in [-0.2, 0) is 14.6 Å². The number of rotatable bonds is 4. The van der Waals surface area contributed by atoms with Crippen molar-refractivity contribution in [3.05, 3.63) is 28.5 Å². The van der Waals surface area contributed by atoms with E-state index in [0.717, 1.165) is 18.6 Å². The van der Waals surface area contributed by atoms with E-state index in [1.807, 2.05) is 6.92 Å². The molecule has 1 aliphatic rings. The van der Waals surface area contributed by atoms with Crippen LogP contribution in [0.3, 0.4) is 0 Å². The van der Waals surface area contributed by atoms with E-state index in [1.54, 1.807) is 0 Å². The number of benzene rings is 1. The second-order valence-corrected chi connectivity index (χ2v) is 7.41. The first-order chi connectivity index (χ1) is 9.70. The number of ether oxygens (including phenoxy) is 1. The lowest BCUT2D eigenvalue weighted by Gasteiger charge is -2.12. The third-order valence-corrected chi connectivity index (χ3v) is 5.47. The highest BCUT2D eigenvalue weighted by atomic mass is 35.5. The Labute approximate surface area is 126 Å². The maximum Gasteiger partial charge on any atom is 0.337 e. The molecule has 5 nitrogen and oxygen atoms in total. The highest BCUT2D eigenvalue weighted by Crippen LogP contribution is 2.27. The van der Waals surface area contributed by atoms with Crippen molar-refractivity contribution < 1.29 is 27.4 Å². The van der Waals surface area contributed by atoms with Crippen LogP contribution in [-0.4, -0.2) is 37.5 Å². The van der Waals surface area contributed by atoms with Gasteiger partial charge >= 0.3 is 5.97 Å². The number of hydrogen-bond donors (Lipinski definition) is 1. The van der Waals surface area contributed by atoms with Crippen LogP contribution in [0.25, 0.3) is 0 Å². The van der Waals surface area contributed by atoms with Crippen molar-refractivity contribution in [3.8, 4) is 0 Å². The molecule has 116 valence electrons. The fraction of sp³-hybridized carbons (Fsp3) is 0.462. The molecule has 1 heterocycles. The van der Waals surface area contributed by atoms with E-state index < -0.39 is 43.2 Å². The monoisotopic (exact) mass is 336 g/mol. The maximum absolute atomic E-state index is 13.6. The summed E-state index contributed by atoms with van der Waals surface area (Å²) in [4.78, 5) is 10.6. The number of carbonyl (C=O) groups is 1. The predicted octanol–water partition coefficient (Wildman–Crippen LogP) is 2.52. The zero-order chi connectivity index (χ0) is 15.8. The first-order valence-corrected chi connectivity index (χ1v) is 8.34. The summed E-state index contributed by atoms with van der Waals surface area (Å²) in [6.07, 6.45) is 0.886. The number of aromatic carboxylic acids is 1. The van der Waals surface area contributed by atoms with E-state index >= 15 is 0 Å². The van der Waals surface area contributed by atoms with E-state index in [-0.39, 0.29) is 11.9 Å². The summed E-state index contributed by atoms with van der Waals surface area (Å²) in [5.41, 5.74) is -0.573. The lowest BCUT2D eigenvalue weighted by atomic mass is 10.2. The van der Waals surface area contributed by atoms with Crippen molar-refractivity contribution in [1.82, 2.24) is 0 Å². The van der Waals surface area contributed by atoms with Gasteiger partial charge in [-0.25, -0.2) is 17.6 Å². The standard InChI is InChI=1S/C13H14ClFO5S/c1-7-2-3-8(20-7)6-21(18,19)9-4-10(13(16)17)12(14)11(15)5-9/h4-5,7-8H,2-3,6H2,1H3,(H,16,17). The van der Waals surface area contributed by atoms with E-state index in [4.69, 9.17) is 21.4 Å². The molecule has 21 heavy (non-hydrogen) atoms. The second-order valence-electron chi connectivity index (χ2n) is 5.00. The summed E-state index contributed by atoms with van der Waals surface area (Å²) in [5, 5.41) is 8.32. The summed E-state index contributed by atoms with van der Waals surface area (Å²) >= 11 is 5.52. The minimum absolute atomic E-state index is 0.0123. The molecule has 1 aromatic carbocycles. The van der Waals surface area contributed by atoms with Gasteiger partial charge in [-0.3, -0.25) is 0 Å². The molecule has 0 spiro atoms. The molecule has 1 saturated heterocycles. The highest BCUT2D eigenvalue weighted by Gasteiger charge is 2.29. The number of carboxylic acids is 1. The van der Waals surface area contributed by atoms with Crippen LogP contribution in [0.5, 0.6) is 0 Å². The number of hydrogen-bond acceptors (Lipinski definition) is 4. The van der Waals surface area contributed by atoms with Gasteiger partial charge in [0.15, 0.2) is 9.84 Å². The smallest absolute Gasteiger partial charge is 0.337 e. The second kappa shape index (κ2) is 5.90. The minimum atomic E-state index is -3.85. The molecular formula is C13H14ClFO5S. The Hall–Kier alpha value is -1.18. The molecule has 8 heteroatoms. The normalized spacial score (nSPS) is 22.4. The van der Waals surface area contributed by atoms with Gasteiger partial charge in [-0.1, -0.05) is 11.6 Å². The van der Waals surface area contributed by atoms with Crippen LogP contribution in [0.1, 0.15) is 30.1 Å². The third-order valence-electron chi connectivity index (χ3n) is 3.32. The van der Waals surface area contributed by atoms with Crippen molar-refractivity contribution in [2.45, 2.75) is 36.9 Å². The Morgan fingerprint density at radius 1 is 1.48 bits per heavy atom. The number of halogens is 2. The fourth-order valence-electron chi connectivity index (χ4n) is 2.25. The molecule has 0 amide bonds. The Morgan fingerprint density at radius 3 is 2.67 bits per heavy atom. The van der Waals surface area contributed by atoms with Gasteiger partial charge in [-0.15, -0.1) is 0 Å². The van der Waals surface area contributed by atoms with Crippen LogP contribution < -0.4 is 0 Å². The van der Waals surface area contributed by atoms with Gasteiger partial charge in [0.25, 0.3) is 0 Å². The molecule has 0 aliphatic carbocycles. The zero-order valence-corrected chi connectivity index (χ0v) is 12.7. The number of sulfone groups is 1. The topological polar surface area (TPSA) is 80.7 Å². The van der Waals surface area contributed by atoms with Gasteiger partial charge in [0.2, 0.25) is 0 Å². The van der Waals surface area contributed by atoms with Gasteiger partial charge in [0.1, 0.15) is 5.82 Å². The van der Waals surface area contributed by atoms with Gasteiger partial charge in [0, 0.05) is 0 Å². The van der Waals surface area contributed by atoms with Crippen LogP contribution >= 0.6 is 11.6 Å². The van der Waals surface area contributed by atoms with Crippen LogP contribution in [0.15, 0.2) is 17.0 Å². The molecule has 2 unspecified atom stereocenters. The third kappa shape index (κ3) is 3.53. The van der Waals surface area contributed by atoms with Crippen molar-refractivity contribution in [1.29, 1.82) is 0 Å². The average Bonchev–Trinajstić information content (AvgIpc) is 2.76. The van der Waals surface area contributed by atoms with E-state index in [1.165, 1.54) is 0 Å². The molecule has 0 aromatic heterocycles. The van der Waals surface area contributed by atoms with E-state index in [9.17, 15) is 17.6 Å². The lowest BCUT2D eigenvalue weighted by molar-refractivity contribution is 0.0688. The van der Waals surface area contributed by atoms with E-state index in [2.05, 4.69) is 0 Å². The summed E-state index contributed by atoms with van der Waals surface area (Å²) in [5.74, 6) is -2.87. The molecule has 2 atom stereocenters. The van der Waals surface area contributed by atoms with Gasteiger partial charge in [-0.05, 0) is 31.9 Å². The Bertz CT molecular complexity index is 673. The van der Waals surface area contributed by atoms with Crippen molar-refractivity contribution in [2.75, 3.05) is 5.75 Å². The molecule has 1 fully saturated rings. The van der Waals surface area contributed by atoms with Crippen LogP contribution in [0, 0.1) is 5.82 Å². The van der Waals surface area contributed by atoms with Crippen molar-refractivity contribution >= 4 is 27.4 Å². The molecule has 1 aliphatic heterocycles. The predicted molar refractivity (Wildman–Crippen MR) is 74.0 cm³/mol. The van der Waals surface area contributed by atoms with Gasteiger partial charge < -0.3 is 9.84 Å². The first kappa shape index (κ1) is 16.2. The summed E-state index contributed by atoms with van der Waals surface area (Å²) < 4.78 is 43.6. The molecular weight excluding hydrogens is 323 g/mol. The molecule has 0 radical (unpaired) electrons. The summed E-state index contributed by atoms with van der Waals surface area (Å²) in [6, 6.07) is 1.62. The maximum atomic E-state index is 13.6. The Balaban J connectivity index is 2.34. The molecule has 0 bridgehead atoms. The zero-order valence-electron chi connectivity index (χ0n) is 11.2. The van der Waals surface area contributed by atoms with E-state index in [0.29, 0.717) is 6.42 Å². The van der Waals surface area contributed by atoms with Crippen LogP contribution in [0.4, 0.5) is 4.39 Å². The fourth-order valence-corrected chi connectivity index (χ4v) is 3.95. The first-order valence-electron chi connectivity index (χ1n) is 6.31. The molecule has 2 rings (SSSR count). The minimum Gasteiger partial charge on any atom is -0.478 e. The SMILES string of the molecule is CC1CCC(CS(=O)(=O)c2cc(F)c(Cl)c(C(=O)O)c2)O1. The lowest BCUT2D eigenvalue weighted by Crippen LogP contribution is -2.21. The number of carboxylic acid groups (broad SMARTS) is 1. The van der Waals surface area contributed by atoms with Crippen molar-refractivity contribution in [2.24, 2.45) is 0 Å². The van der Waals surface area contributed by atoms with Gasteiger partial charge in [0.05, 0.1) is 33.4 Å². The average molecular weight is 337 g/mol. The van der Waals surface area contributed by atoms with Crippen LogP contribution in [0.2, 0.25) is 5.02 Å². The van der Waals surface area contributed by atoms with Crippen molar-refractivity contribution in [3.63, 3.8) is 0 Å². The Morgan fingerprint density at radius 2 is 2.14 bits per heavy atom. The molecule has 1 aromatic rings.